The lowest BCUT2D eigenvalue weighted by atomic mass is 9.36. The third kappa shape index (κ3) is 4.15. The van der Waals surface area contributed by atoms with E-state index >= 15 is 0 Å². The molecule has 3 fully saturated rings. The van der Waals surface area contributed by atoms with E-state index in [0.29, 0.717) is 0 Å². The highest BCUT2D eigenvalue weighted by molar-refractivity contribution is 6.13. The van der Waals surface area contributed by atoms with Crippen LogP contribution in [0.4, 0.5) is 17.1 Å². The molecule has 0 N–H and O–H groups in total. The van der Waals surface area contributed by atoms with Crippen LogP contribution in [0.5, 0.6) is 0 Å². The molecule has 4 aliphatic rings. The topological polar surface area (TPSA) is 16.4 Å². The molecule has 1 aromatic heterocycles. The lowest BCUT2D eigenvalue weighted by Gasteiger charge is -2.68. The van der Waals surface area contributed by atoms with Crippen molar-refractivity contribution in [3.8, 4) is 33.4 Å². The van der Waals surface area contributed by atoms with Crippen LogP contribution in [0.1, 0.15) is 36.8 Å². The molecule has 1 heterocycles. The Bertz CT molecular complexity index is 2710. The van der Waals surface area contributed by atoms with Gasteiger partial charge in [-0.25, -0.2) is 0 Å². The second-order valence-electron chi connectivity index (χ2n) is 16.0. The third-order valence-corrected chi connectivity index (χ3v) is 13.8. The maximum Gasteiger partial charge on any atom is 0.137 e. The zero-order valence-electron chi connectivity index (χ0n) is 29.6. The van der Waals surface area contributed by atoms with Gasteiger partial charge >= 0.3 is 0 Å². The molecule has 0 aliphatic heterocycles. The largest absolute Gasteiger partial charge is 0.456 e. The Morgan fingerprint density at radius 2 is 1.17 bits per heavy atom. The molecule has 254 valence electrons. The summed E-state index contributed by atoms with van der Waals surface area (Å²) in [5, 5.41) is 2.30. The minimum Gasteiger partial charge on any atom is -0.456 e. The van der Waals surface area contributed by atoms with Crippen molar-refractivity contribution >= 4 is 39.0 Å². The zero-order valence-corrected chi connectivity index (χ0v) is 29.6. The van der Waals surface area contributed by atoms with Gasteiger partial charge in [0, 0.05) is 22.2 Å². The quantitative estimate of drug-likeness (QED) is 0.180. The molecule has 2 nitrogen and oxygen atoms in total. The number of para-hydroxylation sites is 1. The second-order valence-corrected chi connectivity index (χ2v) is 16.0. The first-order valence-corrected chi connectivity index (χ1v) is 19.5. The van der Waals surface area contributed by atoms with Crippen LogP contribution < -0.4 is 4.90 Å². The Labute approximate surface area is 310 Å². The average molecular weight is 682 g/mol. The lowest BCUT2D eigenvalue weighted by Crippen LogP contribution is -2.62. The van der Waals surface area contributed by atoms with Gasteiger partial charge in [0.25, 0.3) is 0 Å². The van der Waals surface area contributed by atoms with E-state index in [1.807, 2.05) is 0 Å². The molecule has 5 unspecified atom stereocenters. The highest BCUT2D eigenvalue weighted by atomic mass is 16.3. The van der Waals surface area contributed by atoms with Gasteiger partial charge < -0.3 is 9.32 Å². The van der Waals surface area contributed by atoms with Crippen LogP contribution in [0.2, 0.25) is 0 Å². The summed E-state index contributed by atoms with van der Waals surface area (Å²) in [5.41, 5.74) is 16.4. The Morgan fingerprint density at radius 1 is 0.509 bits per heavy atom. The van der Waals surface area contributed by atoms with Gasteiger partial charge in [0.05, 0.1) is 11.1 Å². The van der Waals surface area contributed by atoms with Gasteiger partial charge in [0.2, 0.25) is 0 Å². The number of hydrogen-bond donors (Lipinski definition) is 0. The van der Waals surface area contributed by atoms with Crippen molar-refractivity contribution in [2.24, 2.45) is 23.7 Å². The van der Waals surface area contributed by atoms with Crippen molar-refractivity contribution in [1.29, 1.82) is 0 Å². The SMILES string of the molecule is c1ccc(-c2ccc(-c3ccc(N(c4ccc5c(c4)C4(CCC6CC7CC4C67)c4ccccc4-5)c4cccc5oc6ccccc6c45)cc3)cc2)cc1. The maximum absolute atomic E-state index is 6.46. The summed E-state index contributed by atoms with van der Waals surface area (Å²) in [6.07, 6.45) is 5.47. The van der Waals surface area contributed by atoms with Crippen molar-refractivity contribution in [2.75, 3.05) is 4.90 Å². The van der Waals surface area contributed by atoms with E-state index in [9.17, 15) is 0 Å². The number of nitrogens with zero attached hydrogens (tertiary/aromatic N) is 1. The van der Waals surface area contributed by atoms with E-state index in [0.717, 1.165) is 57.0 Å². The predicted octanol–water partition coefficient (Wildman–Crippen LogP) is 13.7. The van der Waals surface area contributed by atoms with E-state index in [1.165, 1.54) is 64.8 Å². The molecule has 53 heavy (non-hydrogen) atoms. The van der Waals surface area contributed by atoms with Crippen LogP contribution in [0, 0.1) is 23.7 Å². The highest BCUT2D eigenvalue weighted by Gasteiger charge is 2.65. The molecule has 4 aliphatic carbocycles. The van der Waals surface area contributed by atoms with Crippen molar-refractivity contribution in [2.45, 2.75) is 31.1 Å². The summed E-state index contributed by atoms with van der Waals surface area (Å²) in [7, 11) is 0. The van der Waals surface area contributed by atoms with Gasteiger partial charge in [-0.1, -0.05) is 121 Å². The van der Waals surface area contributed by atoms with Gasteiger partial charge in [-0.2, -0.15) is 0 Å². The number of fused-ring (bicyclic) bond motifs is 9. The van der Waals surface area contributed by atoms with Gasteiger partial charge in [0.15, 0.2) is 0 Å². The summed E-state index contributed by atoms with van der Waals surface area (Å²) < 4.78 is 6.46. The molecule has 3 saturated carbocycles. The number of rotatable bonds is 5. The molecule has 0 radical (unpaired) electrons. The first kappa shape index (κ1) is 29.7. The normalized spacial score (nSPS) is 23.2. The summed E-state index contributed by atoms with van der Waals surface area (Å²) >= 11 is 0. The Morgan fingerprint density at radius 3 is 1.98 bits per heavy atom. The summed E-state index contributed by atoms with van der Waals surface area (Å²) in [4.78, 5) is 2.49. The standard InChI is InChI=1S/C51H39NO/c1-2-9-32(10-3-1)33-17-19-34(20-18-33)35-21-23-38(24-22-35)52(46-14-8-16-48-50(46)42-12-5-7-15-47(42)53-48)39-25-26-41-40-11-4-6-13-43(40)51(44(41)31-39)28-27-36-29-37-30-45(51)49(36)37/h1-26,31,36-37,45,49H,27-30H2. The average Bonchev–Trinajstić information content (AvgIpc) is 3.72. The fourth-order valence-corrected chi connectivity index (χ4v) is 11.4. The first-order chi connectivity index (χ1) is 26.2. The van der Waals surface area contributed by atoms with Crippen LogP contribution in [-0.2, 0) is 5.41 Å². The molecular formula is C51H39NO. The number of benzene rings is 7. The van der Waals surface area contributed by atoms with Crippen LogP contribution >= 0.6 is 0 Å². The number of anilines is 3. The van der Waals surface area contributed by atoms with E-state index in [4.69, 9.17) is 4.42 Å². The zero-order chi connectivity index (χ0) is 34.7. The summed E-state index contributed by atoms with van der Waals surface area (Å²) in [6, 6.07) is 60.5. The van der Waals surface area contributed by atoms with Crippen molar-refractivity contribution in [1.82, 2.24) is 0 Å². The number of furan rings is 1. The highest BCUT2D eigenvalue weighted by Crippen LogP contribution is 2.73. The van der Waals surface area contributed by atoms with Crippen molar-refractivity contribution < 1.29 is 4.42 Å². The second kappa shape index (κ2) is 11.1. The van der Waals surface area contributed by atoms with Crippen LogP contribution in [0.15, 0.2) is 168 Å². The lowest BCUT2D eigenvalue weighted by molar-refractivity contribution is -0.149. The Balaban J connectivity index is 1.02. The fraction of sp³-hybridized carbons (Fsp3) is 0.176. The number of hydrogen-bond acceptors (Lipinski definition) is 2. The maximum atomic E-state index is 6.46. The van der Waals surface area contributed by atoms with Crippen LogP contribution in [0.25, 0.3) is 55.3 Å². The summed E-state index contributed by atoms with van der Waals surface area (Å²) in [5.74, 6) is 3.56. The molecule has 8 aromatic rings. The van der Waals surface area contributed by atoms with Gasteiger partial charge in [-0.3, -0.25) is 0 Å². The Kier molecular flexibility index (Phi) is 6.20. The molecule has 5 atom stereocenters. The van der Waals surface area contributed by atoms with Gasteiger partial charge in [-0.15, -0.1) is 0 Å². The van der Waals surface area contributed by atoms with E-state index < -0.39 is 0 Å². The molecule has 12 rings (SSSR count). The predicted molar refractivity (Wildman–Crippen MR) is 218 cm³/mol. The van der Waals surface area contributed by atoms with E-state index in [2.05, 4.69) is 169 Å². The molecule has 7 aromatic carbocycles. The molecule has 1 spiro atoms. The van der Waals surface area contributed by atoms with Gasteiger partial charge in [0.1, 0.15) is 11.2 Å². The van der Waals surface area contributed by atoms with E-state index in [-0.39, 0.29) is 5.41 Å². The van der Waals surface area contributed by atoms with Crippen molar-refractivity contribution in [3.05, 3.63) is 175 Å². The molecule has 0 saturated heterocycles. The minimum absolute atomic E-state index is 0.107. The third-order valence-electron chi connectivity index (χ3n) is 13.8. The van der Waals surface area contributed by atoms with E-state index in [1.54, 1.807) is 11.1 Å². The summed E-state index contributed by atoms with van der Waals surface area (Å²) in [6.45, 7) is 0. The van der Waals surface area contributed by atoms with Crippen molar-refractivity contribution in [3.63, 3.8) is 0 Å². The molecular weight excluding hydrogens is 643 g/mol. The minimum atomic E-state index is 0.107. The smallest absolute Gasteiger partial charge is 0.137 e. The fourth-order valence-electron chi connectivity index (χ4n) is 11.4. The monoisotopic (exact) mass is 681 g/mol. The van der Waals surface area contributed by atoms with Gasteiger partial charge in [-0.05, 0) is 136 Å². The molecule has 2 heteroatoms. The Hall–Kier alpha value is -5.86. The van der Waals surface area contributed by atoms with Crippen LogP contribution in [0.3, 0.4) is 0 Å². The first-order valence-electron chi connectivity index (χ1n) is 19.5. The molecule has 0 bridgehead atoms. The van der Waals surface area contributed by atoms with Crippen LogP contribution in [-0.4, -0.2) is 0 Å². The molecule has 0 amide bonds.